The third kappa shape index (κ3) is 6.07. The number of carbonyl (C=O) groups is 3. The van der Waals surface area contributed by atoms with Gasteiger partial charge in [-0.05, 0) is 48.3 Å². The van der Waals surface area contributed by atoms with Gasteiger partial charge in [0.15, 0.2) is 0 Å². The highest BCUT2D eigenvalue weighted by Crippen LogP contribution is 2.37. The number of nitrogens with one attached hydrogen (secondary N) is 1. The van der Waals surface area contributed by atoms with E-state index in [4.69, 9.17) is 0 Å². The molecule has 2 aromatic rings. The fourth-order valence-electron chi connectivity index (χ4n) is 5.55. The molecule has 3 amide bonds. The Hall–Kier alpha value is -3.50. The van der Waals surface area contributed by atoms with Crippen molar-refractivity contribution in [2.45, 2.75) is 57.4 Å². The first-order chi connectivity index (χ1) is 18.3. The van der Waals surface area contributed by atoms with Crippen molar-refractivity contribution in [2.75, 3.05) is 13.6 Å². The fraction of sp³-hybridized carbons (Fsp3) is 0.464. The van der Waals surface area contributed by atoms with Gasteiger partial charge in [0.25, 0.3) is 0 Å². The molecule has 0 spiro atoms. The molecule has 2 aromatic carbocycles. The molecule has 0 bridgehead atoms. The van der Waals surface area contributed by atoms with Gasteiger partial charge in [-0.2, -0.15) is 13.2 Å². The number of rotatable bonds is 7. The fourth-order valence-corrected chi connectivity index (χ4v) is 5.55. The monoisotopic (exact) mass is 551 g/mol. The summed E-state index contributed by atoms with van der Waals surface area (Å²) >= 11 is 0. The summed E-state index contributed by atoms with van der Waals surface area (Å²) in [5.41, 5.74) is 1.52. The number of carbonyl (C=O) groups excluding carboxylic acids is 3. The molecule has 0 unspecified atom stereocenters. The van der Waals surface area contributed by atoms with Crippen molar-refractivity contribution in [2.24, 2.45) is 11.8 Å². The zero-order valence-corrected chi connectivity index (χ0v) is 21.8. The molecule has 39 heavy (non-hydrogen) atoms. The number of hydrogen-bond acceptors (Lipinski definition) is 3. The summed E-state index contributed by atoms with van der Waals surface area (Å²) in [5.74, 6) is -5.21. The molecule has 4 rings (SSSR count). The normalized spacial score (nSPS) is 20.7. The van der Waals surface area contributed by atoms with Gasteiger partial charge in [0.2, 0.25) is 17.7 Å². The second-order valence-corrected chi connectivity index (χ2v) is 10.7. The Morgan fingerprint density at radius 1 is 1.08 bits per heavy atom. The van der Waals surface area contributed by atoms with Crippen molar-refractivity contribution in [3.63, 3.8) is 0 Å². The van der Waals surface area contributed by atoms with Crippen LogP contribution in [0.25, 0.3) is 0 Å². The van der Waals surface area contributed by atoms with E-state index in [9.17, 15) is 31.9 Å². The van der Waals surface area contributed by atoms with Gasteiger partial charge in [-0.25, -0.2) is 8.78 Å². The lowest BCUT2D eigenvalue weighted by molar-refractivity contribution is -0.168. The lowest BCUT2D eigenvalue weighted by atomic mass is 9.87. The van der Waals surface area contributed by atoms with Gasteiger partial charge in [-0.15, -0.1) is 0 Å². The number of nitrogens with zero attached hydrogens (tertiary/aromatic N) is 2. The predicted molar refractivity (Wildman–Crippen MR) is 132 cm³/mol. The molecule has 210 valence electrons. The summed E-state index contributed by atoms with van der Waals surface area (Å²) in [5, 5.41) is 2.78. The number of hydrogen-bond donors (Lipinski definition) is 1. The van der Waals surface area contributed by atoms with Gasteiger partial charge in [0.05, 0.1) is 0 Å². The molecular weight excluding hydrogens is 521 g/mol. The second-order valence-electron chi connectivity index (χ2n) is 10.7. The highest BCUT2D eigenvalue weighted by molar-refractivity contribution is 6.00. The number of amides is 3. The van der Waals surface area contributed by atoms with Crippen molar-refractivity contribution in [3.05, 3.63) is 70.8 Å². The molecule has 11 heteroatoms. The van der Waals surface area contributed by atoms with Crippen LogP contribution in [-0.4, -0.2) is 59.4 Å². The lowest BCUT2D eigenvalue weighted by Gasteiger charge is -2.45. The number of piperazine rings is 1. The Morgan fingerprint density at radius 3 is 2.23 bits per heavy atom. The van der Waals surface area contributed by atoms with E-state index >= 15 is 4.39 Å². The maximum Gasteiger partial charge on any atom is 0.406 e. The van der Waals surface area contributed by atoms with E-state index in [1.54, 1.807) is 13.8 Å². The Balaban J connectivity index is 1.80. The number of fused-ring (bicyclic) bond motifs is 1. The van der Waals surface area contributed by atoms with Crippen LogP contribution in [0.15, 0.2) is 42.5 Å². The number of alkyl halides is 3. The Kier molecular flexibility index (Phi) is 7.99. The molecule has 3 atom stereocenters. The predicted octanol–water partition coefficient (Wildman–Crippen LogP) is 4.18. The minimum absolute atomic E-state index is 0.0742. The van der Waals surface area contributed by atoms with E-state index in [-0.39, 0.29) is 18.3 Å². The van der Waals surface area contributed by atoms with Crippen LogP contribution >= 0.6 is 0 Å². The van der Waals surface area contributed by atoms with E-state index in [0.717, 1.165) is 35.2 Å². The molecule has 1 N–H and O–H groups in total. The summed E-state index contributed by atoms with van der Waals surface area (Å²) in [6.07, 6.45) is -3.76. The van der Waals surface area contributed by atoms with E-state index in [2.05, 4.69) is 5.32 Å². The van der Waals surface area contributed by atoms with Crippen molar-refractivity contribution in [1.29, 1.82) is 0 Å². The Bertz CT molecular complexity index is 1240. The SMILES string of the molecule is CC(C)C[C@@H]1C(=O)N[C@H](C2Cc3ccccc3C2)C(=O)N1[C@@H](C(=O)N(C)CC(F)(F)F)c1ccc(F)cc1F. The first kappa shape index (κ1) is 28.5. The van der Waals surface area contributed by atoms with Crippen molar-refractivity contribution in [1.82, 2.24) is 15.1 Å². The first-order valence-electron chi connectivity index (χ1n) is 12.7. The molecule has 1 heterocycles. The van der Waals surface area contributed by atoms with Gasteiger partial charge < -0.3 is 15.1 Å². The maximum atomic E-state index is 15.1. The molecule has 0 aromatic heterocycles. The number of benzene rings is 2. The van der Waals surface area contributed by atoms with Gasteiger partial charge in [0.1, 0.15) is 36.3 Å². The van der Waals surface area contributed by atoms with Crippen LogP contribution in [0.1, 0.15) is 43.0 Å². The topological polar surface area (TPSA) is 69.7 Å². The summed E-state index contributed by atoms with van der Waals surface area (Å²) in [6.45, 7) is 1.90. The quantitative estimate of drug-likeness (QED) is 0.525. The smallest absolute Gasteiger partial charge is 0.342 e. The molecule has 2 aliphatic rings. The van der Waals surface area contributed by atoms with E-state index in [0.29, 0.717) is 23.8 Å². The number of halogens is 5. The Morgan fingerprint density at radius 2 is 1.69 bits per heavy atom. The van der Waals surface area contributed by atoms with E-state index < -0.39 is 65.8 Å². The van der Waals surface area contributed by atoms with E-state index in [1.807, 2.05) is 24.3 Å². The standard InChI is InChI=1S/C28H30F5N3O3/c1-15(2)10-22-25(37)34-23(18-11-16-6-4-5-7-17(16)12-18)26(38)36(22)24(20-9-8-19(29)13-21(20)30)27(39)35(3)14-28(31,32)33/h4-9,13,15,18,22-24H,10-12,14H2,1-3H3,(H,34,37)/t22-,23-,24-/m1/s1. The van der Waals surface area contributed by atoms with Crippen LogP contribution in [0.2, 0.25) is 0 Å². The highest BCUT2D eigenvalue weighted by Gasteiger charge is 2.51. The molecule has 0 saturated carbocycles. The largest absolute Gasteiger partial charge is 0.406 e. The van der Waals surface area contributed by atoms with Crippen LogP contribution in [0.5, 0.6) is 0 Å². The molecule has 1 fully saturated rings. The van der Waals surface area contributed by atoms with Crippen molar-refractivity contribution >= 4 is 17.7 Å². The van der Waals surface area contributed by atoms with Crippen LogP contribution in [0.4, 0.5) is 22.0 Å². The summed E-state index contributed by atoms with van der Waals surface area (Å²) in [6, 6.07) is 5.58. The third-order valence-corrected chi connectivity index (χ3v) is 7.27. The summed E-state index contributed by atoms with van der Waals surface area (Å²) in [7, 11) is 0.890. The van der Waals surface area contributed by atoms with Gasteiger partial charge >= 0.3 is 6.18 Å². The molecule has 0 radical (unpaired) electrons. The van der Waals surface area contributed by atoms with Crippen LogP contribution in [0, 0.1) is 23.5 Å². The average molecular weight is 552 g/mol. The third-order valence-electron chi connectivity index (χ3n) is 7.27. The zero-order chi connectivity index (χ0) is 28.6. The number of likely N-dealkylation sites (N-methyl/N-ethyl adjacent to an activating group) is 1. The summed E-state index contributed by atoms with van der Waals surface area (Å²) in [4.78, 5) is 42.4. The molecule has 1 aliphatic heterocycles. The van der Waals surface area contributed by atoms with Crippen LogP contribution in [0.3, 0.4) is 0 Å². The van der Waals surface area contributed by atoms with Gasteiger partial charge in [0, 0.05) is 18.7 Å². The van der Waals surface area contributed by atoms with Gasteiger partial charge in [-0.3, -0.25) is 14.4 Å². The van der Waals surface area contributed by atoms with E-state index in [1.165, 1.54) is 0 Å². The molecule has 1 saturated heterocycles. The van der Waals surface area contributed by atoms with Crippen LogP contribution in [-0.2, 0) is 27.2 Å². The highest BCUT2D eigenvalue weighted by atomic mass is 19.4. The summed E-state index contributed by atoms with van der Waals surface area (Å²) < 4.78 is 68.6. The first-order valence-corrected chi connectivity index (χ1v) is 12.7. The van der Waals surface area contributed by atoms with Crippen LogP contribution < -0.4 is 5.32 Å². The average Bonchev–Trinajstić information content (AvgIpc) is 3.26. The second kappa shape index (κ2) is 10.9. The Labute approximate surface area is 223 Å². The minimum atomic E-state index is -4.77. The van der Waals surface area contributed by atoms with Crippen molar-refractivity contribution in [3.8, 4) is 0 Å². The zero-order valence-electron chi connectivity index (χ0n) is 21.8. The van der Waals surface area contributed by atoms with Crippen molar-refractivity contribution < 1.29 is 36.3 Å². The van der Waals surface area contributed by atoms with Gasteiger partial charge in [-0.1, -0.05) is 44.2 Å². The lowest BCUT2D eigenvalue weighted by Crippen LogP contribution is -2.67. The molecular formula is C28H30F5N3O3. The molecule has 1 aliphatic carbocycles. The minimum Gasteiger partial charge on any atom is -0.342 e. The molecule has 6 nitrogen and oxygen atoms in total. The maximum absolute atomic E-state index is 15.1.